The van der Waals surface area contributed by atoms with Crippen molar-refractivity contribution in [2.24, 2.45) is 11.7 Å². The third kappa shape index (κ3) is 5.50. The van der Waals surface area contributed by atoms with E-state index in [0.717, 1.165) is 29.1 Å². The zero-order chi connectivity index (χ0) is 17.1. The highest BCUT2D eigenvalue weighted by Crippen LogP contribution is 2.33. The summed E-state index contributed by atoms with van der Waals surface area (Å²) >= 11 is 1.16. The molecule has 2 rings (SSSR count). The molecule has 1 heterocycles. The number of sulfonamides is 2. The van der Waals surface area contributed by atoms with Crippen molar-refractivity contribution in [3.63, 3.8) is 0 Å². The van der Waals surface area contributed by atoms with Gasteiger partial charge < -0.3 is 5.73 Å². The minimum atomic E-state index is -3.56. The first kappa shape index (κ1) is 18.8. The highest BCUT2D eigenvalue weighted by molar-refractivity contribution is 7.91. The molecular weight excluding hydrogens is 358 g/mol. The lowest BCUT2D eigenvalue weighted by Crippen LogP contribution is -2.41. The Bertz CT molecular complexity index is 723. The molecule has 0 aliphatic heterocycles. The topological polar surface area (TPSA) is 118 Å². The van der Waals surface area contributed by atoms with Gasteiger partial charge in [-0.15, -0.1) is 11.3 Å². The van der Waals surface area contributed by atoms with Gasteiger partial charge in [-0.2, -0.15) is 0 Å². The zero-order valence-electron chi connectivity index (χ0n) is 13.0. The van der Waals surface area contributed by atoms with Crippen LogP contribution in [0.2, 0.25) is 0 Å². The number of hydrogen-bond acceptors (Lipinski definition) is 6. The van der Waals surface area contributed by atoms with E-state index in [1.807, 2.05) is 0 Å². The molecule has 0 amide bonds. The van der Waals surface area contributed by atoms with Crippen LogP contribution in [-0.2, 0) is 26.5 Å². The highest BCUT2D eigenvalue weighted by atomic mass is 32.2. The molecule has 1 aliphatic rings. The van der Waals surface area contributed by atoms with Crippen molar-refractivity contribution in [1.29, 1.82) is 0 Å². The fourth-order valence-electron chi connectivity index (χ4n) is 2.16. The lowest BCUT2D eigenvalue weighted by molar-refractivity contribution is 0.520. The second kappa shape index (κ2) is 7.58. The Morgan fingerprint density at radius 2 is 2.00 bits per heavy atom. The van der Waals surface area contributed by atoms with Gasteiger partial charge in [-0.25, -0.2) is 26.3 Å². The van der Waals surface area contributed by atoms with Crippen LogP contribution in [0.4, 0.5) is 0 Å². The summed E-state index contributed by atoms with van der Waals surface area (Å²) in [4.78, 5) is 0.819. The Kier molecular flexibility index (Phi) is 6.20. The standard InChI is InChI=1S/C13H23N3O4S3/c1-2-22(17,18)15-8-7-11-5-6-13(21-11)23(19,20)16-12(9-14)10-3-4-10/h5-6,10,12,15-16H,2-4,7-9,14H2,1H3. The van der Waals surface area contributed by atoms with Gasteiger partial charge in [0.2, 0.25) is 20.0 Å². The first-order chi connectivity index (χ1) is 10.8. The van der Waals surface area contributed by atoms with Gasteiger partial charge in [0, 0.05) is 24.0 Å². The average Bonchev–Trinajstić information content (AvgIpc) is 3.23. The molecule has 10 heteroatoms. The van der Waals surface area contributed by atoms with Crippen LogP contribution in [0.5, 0.6) is 0 Å². The maximum absolute atomic E-state index is 12.4. The smallest absolute Gasteiger partial charge is 0.250 e. The summed E-state index contributed by atoms with van der Waals surface area (Å²) < 4.78 is 52.8. The Morgan fingerprint density at radius 3 is 2.57 bits per heavy atom. The van der Waals surface area contributed by atoms with Crippen LogP contribution >= 0.6 is 11.3 Å². The summed E-state index contributed by atoms with van der Waals surface area (Å²) in [5.41, 5.74) is 5.64. The maximum atomic E-state index is 12.4. The molecule has 0 bridgehead atoms. The van der Waals surface area contributed by atoms with E-state index in [2.05, 4.69) is 9.44 Å². The minimum absolute atomic E-state index is 0.0304. The molecule has 0 aromatic carbocycles. The summed E-state index contributed by atoms with van der Waals surface area (Å²) in [5, 5.41) is 0. The zero-order valence-corrected chi connectivity index (χ0v) is 15.4. The third-order valence-corrected chi connectivity index (χ3v) is 8.26. The molecule has 132 valence electrons. The van der Waals surface area contributed by atoms with Crippen molar-refractivity contribution in [2.75, 3.05) is 18.8 Å². The van der Waals surface area contributed by atoms with Gasteiger partial charge in [0.15, 0.2) is 0 Å². The molecule has 23 heavy (non-hydrogen) atoms. The van der Waals surface area contributed by atoms with Crippen molar-refractivity contribution in [2.45, 2.75) is 36.4 Å². The molecular formula is C13H23N3O4S3. The second-order valence-corrected chi connectivity index (χ2v) is 10.8. The fourth-order valence-corrected chi connectivity index (χ4v) is 5.47. The van der Waals surface area contributed by atoms with Gasteiger partial charge >= 0.3 is 0 Å². The molecule has 1 saturated carbocycles. The van der Waals surface area contributed by atoms with Crippen LogP contribution in [0.1, 0.15) is 24.6 Å². The molecule has 0 radical (unpaired) electrons. The van der Waals surface area contributed by atoms with Crippen LogP contribution in [0.3, 0.4) is 0 Å². The summed E-state index contributed by atoms with van der Waals surface area (Å²) in [7, 11) is -6.79. The Morgan fingerprint density at radius 1 is 1.30 bits per heavy atom. The lowest BCUT2D eigenvalue weighted by Gasteiger charge is -2.15. The van der Waals surface area contributed by atoms with Gasteiger partial charge in [-0.1, -0.05) is 0 Å². The van der Waals surface area contributed by atoms with Gasteiger partial charge in [-0.3, -0.25) is 0 Å². The molecule has 1 fully saturated rings. The molecule has 1 atom stereocenters. The molecule has 0 spiro atoms. The van der Waals surface area contributed by atoms with E-state index in [-0.39, 0.29) is 22.5 Å². The van der Waals surface area contributed by atoms with Crippen LogP contribution < -0.4 is 15.2 Å². The van der Waals surface area contributed by atoms with E-state index in [4.69, 9.17) is 5.73 Å². The lowest BCUT2D eigenvalue weighted by atomic mass is 10.2. The van der Waals surface area contributed by atoms with E-state index >= 15 is 0 Å². The molecule has 1 aromatic rings. The largest absolute Gasteiger partial charge is 0.329 e. The molecule has 4 N–H and O–H groups in total. The number of hydrogen-bond donors (Lipinski definition) is 3. The van der Waals surface area contributed by atoms with E-state index in [1.54, 1.807) is 19.1 Å². The number of nitrogens with one attached hydrogen (secondary N) is 2. The minimum Gasteiger partial charge on any atom is -0.329 e. The van der Waals surface area contributed by atoms with Crippen molar-refractivity contribution < 1.29 is 16.8 Å². The average molecular weight is 382 g/mol. The highest BCUT2D eigenvalue weighted by Gasteiger charge is 2.33. The monoisotopic (exact) mass is 381 g/mol. The summed E-state index contributed by atoms with van der Waals surface area (Å²) in [6.07, 6.45) is 2.48. The summed E-state index contributed by atoms with van der Waals surface area (Å²) in [5.74, 6) is 0.375. The van der Waals surface area contributed by atoms with E-state index < -0.39 is 20.0 Å². The molecule has 1 aliphatic carbocycles. The third-order valence-electron chi connectivity index (χ3n) is 3.73. The van der Waals surface area contributed by atoms with Gasteiger partial charge in [-0.05, 0) is 44.2 Å². The summed E-state index contributed by atoms with van der Waals surface area (Å²) in [6.45, 7) is 2.12. The summed E-state index contributed by atoms with van der Waals surface area (Å²) in [6, 6.07) is 3.06. The normalized spacial score (nSPS) is 17.3. The van der Waals surface area contributed by atoms with Crippen molar-refractivity contribution in [1.82, 2.24) is 9.44 Å². The van der Waals surface area contributed by atoms with Crippen LogP contribution in [0.25, 0.3) is 0 Å². The number of rotatable bonds is 10. The van der Waals surface area contributed by atoms with Gasteiger partial charge in [0.25, 0.3) is 0 Å². The van der Waals surface area contributed by atoms with Crippen molar-refractivity contribution in [3.05, 3.63) is 17.0 Å². The fraction of sp³-hybridized carbons (Fsp3) is 0.692. The van der Waals surface area contributed by atoms with E-state index in [0.29, 0.717) is 18.9 Å². The molecule has 1 aromatic heterocycles. The van der Waals surface area contributed by atoms with E-state index in [9.17, 15) is 16.8 Å². The molecule has 1 unspecified atom stereocenters. The molecule has 7 nitrogen and oxygen atoms in total. The quantitative estimate of drug-likeness (QED) is 0.537. The van der Waals surface area contributed by atoms with Gasteiger partial charge in [0.1, 0.15) is 4.21 Å². The first-order valence-corrected chi connectivity index (χ1v) is 11.5. The van der Waals surface area contributed by atoms with Gasteiger partial charge in [0.05, 0.1) is 5.75 Å². The Hall–Kier alpha value is -0.520. The number of thiophene rings is 1. The predicted octanol–water partition coefficient (Wildman–Crippen LogP) is 0.246. The van der Waals surface area contributed by atoms with Crippen LogP contribution in [-0.4, -0.2) is 41.7 Å². The second-order valence-electron chi connectivity index (χ2n) is 5.57. The number of nitrogens with two attached hydrogens (primary N) is 1. The van der Waals surface area contributed by atoms with Crippen LogP contribution in [0, 0.1) is 5.92 Å². The van der Waals surface area contributed by atoms with Crippen molar-refractivity contribution in [3.8, 4) is 0 Å². The Labute approximate surface area is 141 Å². The van der Waals surface area contributed by atoms with E-state index in [1.165, 1.54) is 0 Å². The SMILES string of the molecule is CCS(=O)(=O)NCCc1ccc(S(=O)(=O)NC(CN)C2CC2)s1. The predicted molar refractivity (Wildman–Crippen MR) is 91.4 cm³/mol. The maximum Gasteiger partial charge on any atom is 0.250 e. The van der Waals surface area contributed by atoms with Crippen molar-refractivity contribution >= 4 is 31.4 Å². The Balaban J connectivity index is 1.94. The first-order valence-electron chi connectivity index (χ1n) is 7.56. The van der Waals surface area contributed by atoms with Crippen LogP contribution in [0.15, 0.2) is 16.3 Å². The molecule has 0 saturated heterocycles.